The van der Waals surface area contributed by atoms with E-state index in [0.717, 1.165) is 16.7 Å². The number of nitrogens with zero attached hydrogens (tertiary/aromatic N) is 1. The van der Waals surface area contributed by atoms with Crippen LogP contribution in [-0.2, 0) is 9.59 Å². The van der Waals surface area contributed by atoms with Gasteiger partial charge in [-0.2, -0.15) is 0 Å². The number of hydrogen-bond acceptors (Lipinski definition) is 7. The molecule has 0 saturated carbocycles. The predicted molar refractivity (Wildman–Crippen MR) is 89.0 cm³/mol. The second kappa shape index (κ2) is 7.01. The van der Waals surface area contributed by atoms with Crippen molar-refractivity contribution in [3.05, 3.63) is 28.7 Å². The zero-order chi connectivity index (χ0) is 17.1. The van der Waals surface area contributed by atoms with Gasteiger partial charge in [0.2, 0.25) is 0 Å². The highest BCUT2D eigenvalue weighted by molar-refractivity contribution is 8.26. The van der Waals surface area contributed by atoms with E-state index in [4.69, 9.17) is 21.7 Å². The monoisotopic (exact) mass is 352 g/mol. The van der Waals surface area contributed by atoms with Gasteiger partial charge >= 0.3 is 0 Å². The smallest absolute Gasteiger partial charge is 0.266 e. The Kier molecular flexibility index (Phi) is 5.27. The van der Waals surface area contributed by atoms with E-state index in [1.807, 2.05) is 0 Å². The summed E-state index contributed by atoms with van der Waals surface area (Å²) in [6, 6.07) is 4.04. The molecule has 0 unspecified atom stereocenters. The maximum absolute atomic E-state index is 12.4. The summed E-state index contributed by atoms with van der Waals surface area (Å²) in [6.45, 7) is 1.36. The molecule has 1 saturated heterocycles. The second-order valence-corrected chi connectivity index (χ2v) is 6.33. The Morgan fingerprint density at radius 2 is 2.09 bits per heavy atom. The van der Waals surface area contributed by atoms with Gasteiger partial charge in [0.25, 0.3) is 5.91 Å². The molecule has 0 N–H and O–H groups in total. The molecule has 0 aliphatic carbocycles. The molecule has 6 nitrogen and oxygen atoms in total. The number of ether oxygens (including phenoxy) is 2. The number of amides is 1. The van der Waals surface area contributed by atoms with E-state index < -0.39 is 17.9 Å². The number of aliphatic carboxylic acids is 1. The molecule has 1 aliphatic heterocycles. The van der Waals surface area contributed by atoms with Gasteiger partial charge in [0.15, 0.2) is 0 Å². The topological polar surface area (TPSA) is 78.9 Å². The molecule has 0 aromatic heterocycles. The molecule has 1 heterocycles. The van der Waals surface area contributed by atoms with Gasteiger partial charge in [0.1, 0.15) is 15.8 Å². The Balaban J connectivity index is 2.39. The van der Waals surface area contributed by atoms with E-state index in [0.29, 0.717) is 22.0 Å². The lowest BCUT2D eigenvalue weighted by atomic mass is 10.1. The molecule has 0 spiro atoms. The van der Waals surface area contributed by atoms with Crippen molar-refractivity contribution in [2.45, 2.75) is 13.0 Å². The van der Waals surface area contributed by atoms with Crippen LogP contribution in [0.5, 0.6) is 11.5 Å². The molecule has 1 aromatic carbocycles. The molecule has 0 radical (unpaired) electrons. The van der Waals surface area contributed by atoms with Crippen LogP contribution >= 0.6 is 24.0 Å². The second-order valence-electron chi connectivity index (χ2n) is 4.65. The van der Waals surface area contributed by atoms with Crippen molar-refractivity contribution >= 4 is 46.3 Å². The lowest BCUT2D eigenvalue weighted by molar-refractivity contribution is -0.309. The number of benzene rings is 1. The first kappa shape index (κ1) is 17.3. The van der Waals surface area contributed by atoms with Crippen molar-refractivity contribution in [2.75, 3.05) is 14.2 Å². The van der Waals surface area contributed by atoms with E-state index in [-0.39, 0.29) is 4.32 Å². The van der Waals surface area contributed by atoms with E-state index in [2.05, 4.69) is 0 Å². The van der Waals surface area contributed by atoms with Crippen LogP contribution in [0.1, 0.15) is 12.5 Å². The van der Waals surface area contributed by atoms with Gasteiger partial charge in [-0.25, -0.2) is 0 Å². The van der Waals surface area contributed by atoms with Crippen molar-refractivity contribution in [1.82, 2.24) is 4.90 Å². The summed E-state index contributed by atoms with van der Waals surface area (Å²) in [7, 11) is 3.05. The standard InChI is InChI=1S/C15H15NO5S2/c1-8(14(18)19)16-13(17)12(23-15(16)22)7-9-6-10(20-2)4-5-11(9)21-3/h4-8H,1-3H3,(H,18,19)/p-1/t8-/m1/s1. The molecule has 122 valence electrons. The van der Waals surface area contributed by atoms with Crippen LogP contribution in [0.4, 0.5) is 0 Å². The fraction of sp³-hybridized carbons (Fsp3) is 0.267. The highest BCUT2D eigenvalue weighted by Crippen LogP contribution is 2.36. The Morgan fingerprint density at radius 1 is 1.39 bits per heavy atom. The van der Waals surface area contributed by atoms with Crippen LogP contribution in [0.3, 0.4) is 0 Å². The minimum absolute atomic E-state index is 0.180. The third kappa shape index (κ3) is 3.48. The highest BCUT2D eigenvalue weighted by Gasteiger charge is 2.36. The Bertz CT molecular complexity index is 701. The van der Waals surface area contributed by atoms with Gasteiger partial charge in [0.05, 0.1) is 31.1 Å². The van der Waals surface area contributed by atoms with Crippen LogP contribution < -0.4 is 14.6 Å². The first-order valence-corrected chi connectivity index (χ1v) is 7.81. The minimum Gasteiger partial charge on any atom is -0.548 e. The zero-order valence-electron chi connectivity index (χ0n) is 12.7. The average Bonchev–Trinajstić information content (AvgIpc) is 2.80. The number of carboxylic acids is 1. The quantitative estimate of drug-likeness (QED) is 0.579. The molecule has 1 amide bonds. The van der Waals surface area contributed by atoms with Crippen LogP contribution in [-0.4, -0.2) is 41.4 Å². The average molecular weight is 352 g/mol. The number of hydrogen-bond donors (Lipinski definition) is 0. The van der Waals surface area contributed by atoms with Gasteiger partial charge in [0, 0.05) is 5.56 Å². The first-order valence-electron chi connectivity index (χ1n) is 6.59. The lowest BCUT2D eigenvalue weighted by Gasteiger charge is -2.23. The number of rotatable bonds is 5. The summed E-state index contributed by atoms with van der Waals surface area (Å²) in [6.07, 6.45) is 1.60. The Morgan fingerprint density at radius 3 is 2.65 bits per heavy atom. The van der Waals surface area contributed by atoms with Crippen LogP contribution in [0.25, 0.3) is 6.08 Å². The maximum Gasteiger partial charge on any atom is 0.266 e. The van der Waals surface area contributed by atoms with E-state index >= 15 is 0 Å². The van der Waals surface area contributed by atoms with Gasteiger partial charge in [-0.05, 0) is 31.2 Å². The first-order chi connectivity index (χ1) is 10.9. The third-order valence-corrected chi connectivity index (χ3v) is 4.61. The molecule has 0 bridgehead atoms. The maximum atomic E-state index is 12.4. The number of thioether (sulfide) groups is 1. The lowest BCUT2D eigenvalue weighted by Crippen LogP contribution is -2.48. The summed E-state index contributed by atoms with van der Waals surface area (Å²) < 4.78 is 10.6. The zero-order valence-corrected chi connectivity index (χ0v) is 14.3. The molecule has 1 aromatic rings. The summed E-state index contributed by atoms with van der Waals surface area (Å²) in [4.78, 5) is 24.8. The van der Waals surface area contributed by atoms with Crippen LogP contribution in [0.15, 0.2) is 23.1 Å². The van der Waals surface area contributed by atoms with Crippen LogP contribution in [0, 0.1) is 0 Å². The predicted octanol–water partition coefficient (Wildman–Crippen LogP) is 1.04. The molecule has 1 fully saturated rings. The molecule has 23 heavy (non-hydrogen) atoms. The molecule has 1 atom stereocenters. The summed E-state index contributed by atoms with van der Waals surface area (Å²) >= 11 is 6.13. The Hall–Kier alpha value is -2.06. The van der Waals surface area contributed by atoms with E-state index in [1.165, 1.54) is 21.1 Å². The molecular formula is C15H14NO5S2-. The van der Waals surface area contributed by atoms with Crippen molar-refractivity contribution in [3.8, 4) is 11.5 Å². The number of thiocarbonyl (C=S) groups is 1. The molecular weight excluding hydrogens is 338 g/mol. The summed E-state index contributed by atoms with van der Waals surface area (Å²) in [5, 5.41) is 11.0. The molecule has 8 heteroatoms. The fourth-order valence-electron chi connectivity index (χ4n) is 2.01. The minimum atomic E-state index is -1.36. The van der Waals surface area contributed by atoms with E-state index in [9.17, 15) is 14.7 Å². The van der Waals surface area contributed by atoms with Gasteiger partial charge in [-0.15, -0.1) is 0 Å². The number of carbonyl (C=O) groups excluding carboxylic acids is 2. The van der Waals surface area contributed by atoms with Crippen molar-refractivity contribution in [1.29, 1.82) is 0 Å². The third-order valence-electron chi connectivity index (χ3n) is 3.28. The van der Waals surface area contributed by atoms with Crippen molar-refractivity contribution in [2.24, 2.45) is 0 Å². The summed E-state index contributed by atoms with van der Waals surface area (Å²) in [5.74, 6) is -0.664. The largest absolute Gasteiger partial charge is 0.548 e. The van der Waals surface area contributed by atoms with Crippen molar-refractivity contribution in [3.63, 3.8) is 0 Å². The molecule has 1 aliphatic rings. The SMILES string of the molecule is COc1ccc(OC)c(C=C2SC(=S)N([C@H](C)C(=O)[O-])C2=O)c1. The van der Waals surface area contributed by atoms with Crippen molar-refractivity contribution < 1.29 is 24.2 Å². The fourth-order valence-corrected chi connectivity index (χ4v) is 3.42. The number of carboxylic acid groups (broad SMARTS) is 1. The number of carbonyl (C=O) groups is 2. The normalized spacial score (nSPS) is 17.5. The number of methoxy groups -OCH3 is 2. The van der Waals surface area contributed by atoms with Gasteiger partial charge in [-0.3, -0.25) is 9.69 Å². The van der Waals surface area contributed by atoms with Crippen LogP contribution in [0.2, 0.25) is 0 Å². The highest BCUT2D eigenvalue weighted by atomic mass is 32.2. The van der Waals surface area contributed by atoms with Gasteiger partial charge in [-0.1, -0.05) is 24.0 Å². The summed E-state index contributed by atoms with van der Waals surface area (Å²) in [5.41, 5.74) is 0.633. The van der Waals surface area contributed by atoms with E-state index in [1.54, 1.807) is 24.3 Å². The molecule has 2 rings (SSSR count). The Labute approximate surface area is 143 Å². The van der Waals surface area contributed by atoms with Gasteiger partial charge < -0.3 is 19.4 Å².